The smallest absolute Gasteiger partial charge is 0.238 e. The van der Waals surface area contributed by atoms with Crippen LogP contribution in [-0.2, 0) is 14.8 Å². The monoisotopic (exact) mass is 433 g/mol. The number of fused-ring (bicyclic) bond motifs is 1. The van der Waals surface area contributed by atoms with Gasteiger partial charge in [-0.3, -0.25) is 14.4 Å². The maximum Gasteiger partial charge on any atom is 0.238 e. The fraction of sp³-hybridized carbons (Fsp3) is 0.208. The Morgan fingerprint density at radius 1 is 0.806 bits per heavy atom. The summed E-state index contributed by atoms with van der Waals surface area (Å²) in [5.41, 5.74) is 3.58. The number of primary sulfonamides is 1. The largest absolute Gasteiger partial charge is 0.295 e. The molecule has 0 radical (unpaired) electrons. The summed E-state index contributed by atoms with van der Waals surface area (Å²) in [6.45, 7) is 0. The number of nitrogens with two attached hydrogens (primary N) is 1. The van der Waals surface area contributed by atoms with Crippen molar-refractivity contribution in [3.8, 4) is 0 Å². The third-order valence-electron chi connectivity index (χ3n) is 6.33. The van der Waals surface area contributed by atoms with E-state index < -0.39 is 15.9 Å². The second-order valence-electron chi connectivity index (χ2n) is 8.11. The van der Waals surface area contributed by atoms with Crippen LogP contribution in [0.4, 0.5) is 0 Å². The summed E-state index contributed by atoms with van der Waals surface area (Å²) in [4.78, 5) is 39.7. The second kappa shape index (κ2) is 6.93. The molecule has 0 heterocycles. The standard InChI is InChI=1S/C24H19NO5S/c25-31(29,30)15-10-8-13(9-11-15)21-20-14(4-3-7-19(20)26)12-18-22(21)24(28)17-6-2-1-5-16(17)23(18)27/h1-2,5-6,8-11,21H,3-4,7,12H2,(H2,25,29,30). The molecule has 0 saturated carbocycles. The van der Waals surface area contributed by atoms with Crippen LogP contribution in [0.15, 0.2) is 75.7 Å². The average molecular weight is 433 g/mol. The average Bonchev–Trinajstić information content (AvgIpc) is 2.76. The first-order valence-corrected chi connectivity index (χ1v) is 11.6. The van der Waals surface area contributed by atoms with E-state index in [-0.39, 0.29) is 22.2 Å². The van der Waals surface area contributed by atoms with Gasteiger partial charge in [0.2, 0.25) is 10.0 Å². The lowest BCUT2D eigenvalue weighted by atomic mass is 9.65. The van der Waals surface area contributed by atoms with Crippen LogP contribution in [0.3, 0.4) is 0 Å². The molecule has 3 aliphatic carbocycles. The molecule has 0 saturated heterocycles. The number of ketones is 3. The highest BCUT2D eigenvalue weighted by atomic mass is 32.2. The number of carbonyl (C=O) groups excluding carboxylic acids is 3. The van der Waals surface area contributed by atoms with Crippen molar-refractivity contribution in [2.75, 3.05) is 0 Å². The van der Waals surface area contributed by atoms with Crippen LogP contribution in [0.2, 0.25) is 0 Å². The van der Waals surface area contributed by atoms with E-state index in [1.54, 1.807) is 36.4 Å². The molecule has 31 heavy (non-hydrogen) atoms. The molecule has 2 aromatic carbocycles. The van der Waals surface area contributed by atoms with Crippen molar-refractivity contribution < 1.29 is 22.8 Å². The zero-order valence-electron chi connectivity index (χ0n) is 16.6. The maximum atomic E-state index is 13.5. The third-order valence-corrected chi connectivity index (χ3v) is 7.26. The van der Waals surface area contributed by atoms with Crippen molar-refractivity contribution in [1.29, 1.82) is 0 Å². The van der Waals surface area contributed by atoms with E-state index in [1.807, 2.05) is 0 Å². The number of carbonyl (C=O) groups is 3. The van der Waals surface area contributed by atoms with Crippen molar-refractivity contribution in [3.05, 3.63) is 87.5 Å². The molecule has 3 aliphatic rings. The minimum atomic E-state index is -3.88. The van der Waals surface area contributed by atoms with Crippen molar-refractivity contribution in [1.82, 2.24) is 0 Å². The molecule has 1 unspecified atom stereocenters. The van der Waals surface area contributed by atoms with Gasteiger partial charge in [-0.1, -0.05) is 42.0 Å². The minimum Gasteiger partial charge on any atom is -0.295 e. The summed E-state index contributed by atoms with van der Waals surface area (Å²) in [6, 6.07) is 12.6. The molecule has 1 atom stereocenters. The predicted octanol–water partition coefficient (Wildman–Crippen LogP) is 3.25. The number of benzene rings is 2. The molecular formula is C24H19NO5S. The van der Waals surface area contributed by atoms with E-state index in [0.717, 1.165) is 12.0 Å². The lowest BCUT2D eigenvalue weighted by Gasteiger charge is -2.36. The van der Waals surface area contributed by atoms with Gasteiger partial charge in [-0.15, -0.1) is 0 Å². The maximum absolute atomic E-state index is 13.5. The van der Waals surface area contributed by atoms with Crippen LogP contribution in [0.25, 0.3) is 0 Å². The first-order chi connectivity index (χ1) is 14.8. The normalized spacial score (nSPS) is 21.1. The van der Waals surface area contributed by atoms with Crippen molar-refractivity contribution in [2.24, 2.45) is 5.14 Å². The lowest BCUT2D eigenvalue weighted by molar-refractivity contribution is -0.116. The molecule has 7 heteroatoms. The molecule has 2 aromatic rings. The quantitative estimate of drug-likeness (QED) is 0.781. The van der Waals surface area contributed by atoms with Crippen LogP contribution in [0.5, 0.6) is 0 Å². The van der Waals surface area contributed by atoms with Gasteiger partial charge >= 0.3 is 0 Å². The first kappa shape index (κ1) is 19.8. The van der Waals surface area contributed by atoms with E-state index in [0.29, 0.717) is 52.7 Å². The highest BCUT2D eigenvalue weighted by Gasteiger charge is 2.44. The molecule has 0 bridgehead atoms. The fourth-order valence-electron chi connectivity index (χ4n) is 4.95. The zero-order valence-corrected chi connectivity index (χ0v) is 17.4. The van der Waals surface area contributed by atoms with Gasteiger partial charge in [-0.2, -0.15) is 0 Å². The number of hydrogen-bond donors (Lipinski definition) is 1. The minimum absolute atomic E-state index is 0.0209. The van der Waals surface area contributed by atoms with Crippen molar-refractivity contribution >= 4 is 27.4 Å². The number of Topliss-reactive ketones (excluding diaryl/α,β-unsaturated/α-hetero) is 3. The number of allylic oxidation sites excluding steroid dienone is 4. The Balaban J connectivity index is 1.73. The molecule has 0 aliphatic heterocycles. The molecule has 6 nitrogen and oxygen atoms in total. The van der Waals surface area contributed by atoms with Gasteiger partial charge in [0.05, 0.1) is 4.90 Å². The van der Waals surface area contributed by atoms with Gasteiger partial charge < -0.3 is 0 Å². The van der Waals surface area contributed by atoms with Crippen LogP contribution >= 0.6 is 0 Å². The van der Waals surface area contributed by atoms with E-state index in [1.165, 1.54) is 12.1 Å². The van der Waals surface area contributed by atoms with Gasteiger partial charge in [0.25, 0.3) is 0 Å². The van der Waals surface area contributed by atoms with Crippen LogP contribution < -0.4 is 5.14 Å². The van der Waals surface area contributed by atoms with Crippen LogP contribution in [0, 0.1) is 0 Å². The van der Waals surface area contributed by atoms with Gasteiger partial charge in [0.15, 0.2) is 17.3 Å². The Morgan fingerprint density at radius 2 is 1.45 bits per heavy atom. The molecule has 0 spiro atoms. The van der Waals surface area contributed by atoms with Gasteiger partial charge in [-0.25, -0.2) is 13.6 Å². The summed E-state index contributed by atoms with van der Waals surface area (Å²) < 4.78 is 23.3. The lowest BCUT2D eigenvalue weighted by Crippen LogP contribution is -2.33. The van der Waals surface area contributed by atoms with E-state index >= 15 is 0 Å². The van der Waals surface area contributed by atoms with Crippen LogP contribution in [-0.4, -0.2) is 25.8 Å². The summed E-state index contributed by atoms with van der Waals surface area (Å²) >= 11 is 0. The molecular weight excluding hydrogens is 414 g/mol. The summed E-state index contributed by atoms with van der Waals surface area (Å²) in [5, 5.41) is 5.21. The molecule has 2 N–H and O–H groups in total. The van der Waals surface area contributed by atoms with E-state index in [2.05, 4.69) is 0 Å². The Hall–Kier alpha value is -3.16. The molecule has 0 aromatic heterocycles. The Bertz CT molecular complexity index is 1350. The van der Waals surface area contributed by atoms with Crippen molar-refractivity contribution in [3.63, 3.8) is 0 Å². The zero-order chi connectivity index (χ0) is 21.9. The highest BCUT2D eigenvalue weighted by Crippen LogP contribution is 2.49. The Labute approximate surface area is 179 Å². The number of sulfonamides is 1. The Kier molecular flexibility index (Phi) is 4.42. The summed E-state index contributed by atoms with van der Waals surface area (Å²) in [5.74, 6) is -1.14. The van der Waals surface area contributed by atoms with Gasteiger partial charge in [0, 0.05) is 40.2 Å². The second-order valence-corrected chi connectivity index (χ2v) is 9.68. The SMILES string of the molecule is NS(=O)(=O)c1ccc(C2C3=C(CCCC3=O)CC3=C2C(=O)c2ccccc2C3=O)cc1. The van der Waals surface area contributed by atoms with Crippen LogP contribution in [0.1, 0.15) is 57.9 Å². The number of rotatable bonds is 2. The fourth-order valence-corrected chi connectivity index (χ4v) is 5.46. The van der Waals surface area contributed by atoms with E-state index in [4.69, 9.17) is 5.14 Å². The highest BCUT2D eigenvalue weighted by molar-refractivity contribution is 7.89. The summed E-state index contributed by atoms with van der Waals surface area (Å²) in [7, 11) is -3.88. The molecule has 0 amide bonds. The summed E-state index contributed by atoms with van der Waals surface area (Å²) in [6.07, 6.45) is 2.12. The van der Waals surface area contributed by atoms with Gasteiger partial charge in [0.1, 0.15) is 0 Å². The predicted molar refractivity (Wildman–Crippen MR) is 113 cm³/mol. The number of hydrogen-bond acceptors (Lipinski definition) is 5. The first-order valence-electron chi connectivity index (χ1n) is 10.1. The molecule has 156 valence electrons. The Morgan fingerprint density at radius 3 is 2.10 bits per heavy atom. The third kappa shape index (κ3) is 3.04. The molecule has 5 rings (SSSR count). The molecule has 0 fully saturated rings. The topological polar surface area (TPSA) is 111 Å². The van der Waals surface area contributed by atoms with Gasteiger partial charge in [-0.05, 0) is 37.0 Å². The van der Waals surface area contributed by atoms with Crippen molar-refractivity contribution in [2.45, 2.75) is 36.5 Å². The van der Waals surface area contributed by atoms with E-state index in [9.17, 15) is 22.8 Å².